The Morgan fingerprint density at radius 2 is 1.71 bits per heavy atom. The van der Waals surface area contributed by atoms with Crippen LogP contribution in [0.15, 0.2) is 52.1 Å². The Labute approximate surface area is 158 Å². The largest absolute Gasteiger partial charge is 0.342 e. The van der Waals surface area contributed by atoms with Crippen LogP contribution in [0.1, 0.15) is 18.1 Å². The maximum absolute atomic E-state index is 14.1. The Kier molecular flexibility index (Phi) is 5.62. The summed E-state index contributed by atoms with van der Waals surface area (Å²) in [5, 5.41) is 0. The first-order valence-corrected chi connectivity index (χ1v) is 10.1. The molecule has 28 heavy (non-hydrogen) atoms. The molecule has 2 aromatic carbocycles. The van der Waals surface area contributed by atoms with E-state index in [9.17, 15) is 28.3 Å². The van der Waals surface area contributed by atoms with Crippen molar-refractivity contribution in [3.8, 4) is 0 Å². The Bertz CT molecular complexity index is 1160. The first-order chi connectivity index (χ1) is 13.1. The van der Waals surface area contributed by atoms with Crippen molar-refractivity contribution >= 4 is 18.6 Å². The maximum Gasteiger partial charge on any atom is 0.342 e. The van der Waals surface area contributed by atoms with Crippen molar-refractivity contribution in [1.82, 2.24) is 14.9 Å². The molecule has 0 aliphatic rings. The molecule has 1 unspecified atom stereocenters. The standard InChI is InChI=1S/C18H19FN3O5P/c1-11(28(25,26)27)22(9-12-5-3-2-4-6-12)10-13-7-14(19)8-15-16(13)21-18(24)17(23)20-15/h2-8,11H,9-10H2,1H3,(H,20,23)(H,21,24)(H2,25,26,27). The maximum atomic E-state index is 14.1. The van der Waals surface area contributed by atoms with Gasteiger partial charge in [-0.2, -0.15) is 0 Å². The third-order valence-corrected chi connectivity index (χ3v) is 5.80. The minimum atomic E-state index is -4.47. The number of aromatic amines is 2. The molecule has 0 fully saturated rings. The predicted molar refractivity (Wildman–Crippen MR) is 102 cm³/mol. The Hall–Kier alpha value is -2.58. The Balaban J connectivity index is 2.07. The average Bonchev–Trinajstić information content (AvgIpc) is 2.62. The number of hydrogen-bond acceptors (Lipinski definition) is 4. The molecule has 3 aromatic rings. The molecule has 0 bridgehead atoms. The van der Waals surface area contributed by atoms with Crippen LogP contribution >= 0.6 is 7.60 Å². The third-order valence-electron chi connectivity index (χ3n) is 4.49. The van der Waals surface area contributed by atoms with Crippen molar-refractivity contribution in [2.24, 2.45) is 0 Å². The van der Waals surface area contributed by atoms with E-state index in [1.165, 1.54) is 17.9 Å². The van der Waals surface area contributed by atoms with Gasteiger partial charge in [-0.15, -0.1) is 0 Å². The van der Waals surface area contributed by atoms with E-state index in [0.29, 0.717) is 5.56 Å². The van der Waals surface area contributed by atoms with Gasteiger partial charge >= 0.3 is 18.7 Å². The summed E-state index contributed by atoms with van der Waals surface area (Å²) in [7, 11) is -4.47. The highest BCUT2D eigenvalue weighted by Gasteiger charge is 2.30. The number of benzene rings is 2. The van der Waals surface area contributed by atoms with E-state index in [1.807, 2.05) is 18.2 Å². The molecular formula is C18H19FN3O5P. The zero-order chi connectivity index (χ0) is 20.5. The lowest BCUT2D eigenvalue weighted by Gasteiger charge is -2.30. The zero-order valence-corrected chi connectivity index (χ0v) is 15.8. The Morgan fingerprint density at radius 1 is 1.07 bits per heavy atom. The second-order valence-corrected chi connectivity index (χ2v) is 8.43. The van der Waals surface area contributed by atoms with E-state index in [4.69, 9.17) is 0 Å². The molecule has 3 rings (SSSR count). The summed E-state index contributed by atoms with van der Waals surface area (Å²) in [6.07, 6.45) is 0. The normalized spacial score (nSPS) is 13.2. The van der Waals surface area contributed by atoms with Gasteiger partial charge in [0.1, 0.15) is 11.6 Å². The first-order valence-electron chi connectivity index (χ1n) is 8.43. The molecule has 10 heteroatoms. The summed E-state index contributed by atoms with van der Waals surface area (Å²) in [4.78, 5) is 48.8. The van der Waals surface area contributed by atoms with Crippen LogP contribution in [-0.4, -0.2) is 30.4 Å². The van der Waals surface area contributed by atoms with Gasteiger partial charge in [-0.3, -0.25) is 19.1 Å². The summed E-state index contributed by atoms with van der Waals surface area (Å²) in [6, 6.07) is 11.3. The fourth-order valence-corrected chi connectivity index (χ4v) is 3.54. The van der Waals surface area contributed by atoms with Gasteiger partial charge in [0.25, 0.3) is 0 Å². The summed E-state index contributed by atoms with van der Waals surface area (Å²) in [5.41, 5.74) is -0.387. The molecule has 148 valence electrons. The smallest absolute Gasteiger partial charge is 0.323 e. The van der Waals surface area contributed by atoms with Crippen LogP contribution in [0.25, 0.3) is 11.0 Å². The van der Waals surface area contributed by atoms with E-state index in [0.717, 1.165) is 11.6 Å². The number of hydrogen-bond donors (Lipinski definition) is 4. The van der Waals surface area contributed by atoms with E-state index >= 15 is 0 Å². The molecule has 8 nitrogen and oxygen atoms in total. The first kappa shape index (κ1) is 20.2. The van der Waals surface area contributed by atoms with E-state index in [-0.39, 0.29) is 24.1 Å². The fraction of sp³-hybridized carbons (Fsp3) is 0.222. The third kappa shape index (κ3) is 4.45. The molecule has 0 saturated carbocycles. The van der Waals surface area contributed by atoms with Crippen LogP contribution in [0, 0.1) is 5.82 Å². The summed E-state index contributed by atoms with van der Waals surface area (Å²) in [6.45, 7) is 1.52. The van der Waals surface area contributed by atoms with Gasteiger partial charge in [-0.1, -0.05) is 30.3 Å². The van der Waals surface area contributed by atoms with Crippen molar-refractivity contribution in [3.05, 3.63) is 80.1 Å². The van der Waals surface area contributed by atoms with Gasteiger partial charge in [0.15, 0.2) is 0 Å². The van der Waals surface area contributed by atoms with Crippen LogP contribution in [-0.2, 0) is 17.7 Å². The molecule has 0 aliphatic carbocycles. The molecule has 1 aromatic heterocycles. The van der Waals surface area contributed by atoms with Crippen LogP contribution in [0.5, 0.6) is 0 Å². The van der Waals surface area contributed by atoms with Gasteiger partial charge in [0.2, 0.25) is 0 Å². The second kappa shape index (κ2) is 7.81. The van der Waals surface area contributed by atoms with Gasteiger partial charge in [-0.25, -0.2) is 4.39 Å². The summed E-state index contributed by atoms with van der Waals surface area (Å²) >= 11 is 0. The quantitative estimate of drug-likeness (QED) is 0.365. The van der Waals surface area contributed by atoms with Crippen molar-refractivity contribution in [1.29, 1.82) is 0 Å². The Morgan fingerprint density at radius 3 is 2.36 bits per heavy atom. The number of fused-ring (bicyclic) bond motifs is 1. The van der Waals surface area contributed by atoms with E-state index in [1.54, 1.807) is 12.1 Å². The number of H-pyrrole nitrogens is 2. The monoisotopic (exact) mass is 407 g/mol. The van der Waals surface area contributed by atoms with Gasteiger partial charge in [0, 0.05) is 13.1 Å². The number of nitrogens with zero attached hydrogens (tertiary/aromatic N) is 1. The molecule has 0 spiro atoms. The highest BCUT2D eigenvalue weighted by atomic mass is 31.2. The van der Waals surface area contributed by atoms with Crippen LogP contribution < -0.4 is 11.1 Å². The second-order valence-electron chi connectivity index (χ2n) is 6.51. The van der Waals surface area contributed by atoms with Crippen molar-refractivity contribution in [3.63, 3.8) is 0 Å². The number of halogens is 1. The number of nitrogens with one attached hydrogen (secondary N) is 2. The molecule has 1 heterocycles. The van der Waals surface area contributed by atoms with Crippen LogP contribution in [0.4, 0.5) is 4.39 Å². The SMILES string of the molecule is CC(N(Cc1ccccc1)Cc1cc(F)cc2[nH]c(=O)c(=O)[nH]c12)P(=O)(O)O. The molecule has 0 radical (unpaired) electrons. The predicted octanol–water partition coefficient (Wildman–Crippen LogP) is 1.88. The lowest BCUT2D eigenvalue weighted by molar-refractivity contribution is 0.208. The molecule has 0 saturated heterocycles. The van der Waals surface area contributed by atoms with Gasteiger partial charge in [0.05, 0.1) is 11.0 Å². The highest BCUT2D eigenvalue weighted by molar-refractivity contribution is 7.52. The average molecular weight is 407 g/mol. The highest BCUT2D eigenvalue weighted by Crippen LogP contribution is 2.43. The van der Waals surface area contributed by atoms with Crippen LogP contribution in [0.2, 0.25) is 0 Å². The minimum absolute atomic E-state index is 0.0581. The minimum Gasteiger partial charge on any atom is -0.323 e. The van der Waals surface area contributed by atoms with Crippen molar-refractivity contribution < 1.29 is 18.7 Å². The fourth-order valence-electron chi connectivity index (χ4n) is 2.95. The molecule has 0 amide bonds. The number of rotatable bonds is 6. The molecule has 1 atom stereocenters. The number of aromatic nitrogens is 2. The molecule has 4 N–H and O–H groups in total. The summed E-state index contributed by atoms with van der Waals surface area (Å²) in [5.74, 6) is -1.80. The van der Waals surface area contributed by atoms with Crippen LogP contribution in [0.3, 0.4) is 0 Å². The van der Waals surface area contributed by atoms with Gasteiger partial charge in [-0.05, 0) is 30.2 Å². The van der Waals surface area contributed by atoms with Gasteiger partial charge < -0.3 is 19.8 Å². The molecular weight excluding hydrogens is 388 g/mol. The van der Waals surface area contributed by atoms with E-state index < -0.39 is 30.3 Å². The lowest BCUT2D eigenvalue weighted by Crippen LogP contribution is -2.33. The van der Waals surface area contributed by atoms with Crippen molar-refractivity contribution in [2.75, 3.05) is 0 Å². The molecule has 0 aliphatic heterocycles. The lowest BCUT2D eigenvalue weighted by atomic mass is 10.1. The zero-order valence-electron chi connectivity index (χ0n) is 14.9. The summed E-state index contributed by atoms with van der Waals surface area (Å²) < 4.78 is 25.9. The van der Waals surface area contributed by atoms with E-state index in [2.05, 4.69) is 9.97 Å². The van der Waals surface area contributed by atoms with Crippen molar-refractivity contribution in [2.45, 2.75) is 25.8 Å². The topological polar surface area (TPSA) is 126 Å².